The number of anilines is 2. The number of nitrogens with zero attached hydrogens (tertiary/aromatic N) is 2. The van der Waals surface area contributed by atoms with Gasteiger partial charge in [0.25, 0.3) is 0 Å². The number of aromatic nitrogens is 2. The molecule has 22 heavy (non-hydrogen) atoms. The fourth-order valence-electron chi connectivity index (χ4n) is 1.95. The predicted molar refractivity (Wildman–Crippen MR) is 95.9 cm³/mol. The van der Waals surface area contributed by atoms with Crippen LogP contribution in [0.25, 0.3) is 0 Å². The van der Waals surface area contributed by atoms with Crippen molar-refractivity contribution in [2.24, 2.45) is 0 Å². The van der Waals surface area contributed by atoms with E-state index in [2.05, 4.69) is 51.7 Å². The SMILES string of the molecule is CNc1ncc(Oc2cc(I)c(OC)cc2C(C)C)c(N)n1. The third kappa shape index (κ3) is 3.52. The molecule has 6 nitrogen and oxygen atoms in total. The fraction of sp³-hybridized carbons (Fsp3) is 0.333. The summed E-state index contributed by atoms with van der Waals surface area (Å²) >= 11 is 2.21. The summed E-state index contributed by atoms with van der Waals surface area (Å²) in [5, 5.41) is 2.84. The van der Waals surface area contributed by atoms with Gasteiger partial charge in [-0.3, -0.25) is 0 Å². The summed E-state index contributed by atoms with van der Waals surface area (Å²) < 4.78 is 12.3. The molecule has 0 unspecified atom stereocenters. The topological polar surface area (TPSA) is 82.3 Å². The van der Waals surface area contributed by atoms with Crippen molar-refractivity contribution in [3.05, 3.63) is 27.5 Å². The molecule has 118 valence electrons. The standard InChI is InChI=1S/C15H19IN4O2/c1-8(2)9-5-12(21-4)10(16)6-11(9)22-13-7-19-15(18-3)20-14(13)17/h5-8H,1-4H3,(H3,17,18,19,20). The van der Waals surface area contributed by atoms with Gasteiger partial charge in [0.1, 0.15) is 11.5 Å². The molecule has 0 bridgehead atoms. The number of nitrogens with one attached hydrogen (secondary N) is 1. The molecule has 3 N–H and O–H groups in total. The van der Waals surface area contributed by atoms with Gasteiger partial charge < -0.3 is 20.5 Å². The van der Waals surface area contributed by atoms with Crippen molar-refractivity contribution >= 4 is 34.4 Å². The lowest BCUT2D eigenvalue weighted by atomic mass is 10.0. The van der Waals surface area contributed by atoms with Gasteiger partial charge in [0.15, 0.2) is 11.6 Å². The van der Waals surface area contributed by atoms with Crippen molar-refractivity contribution in [3.8, 4) is 17.2 Å². The summed E-state index contributed by atoms with van der Waals surface area (Å²) in [6.07, 6.45) is 1.56. The molecule has 0 aliphatic heterocycles. The lowest BCUT2D eigenvalue weighted by molar-refractivity contribution is 0.407. The summed E-state index contributed by atoms with van der Waals surface area (Å²) in [7, 11) is 3.39. The maximum atomic E-state index is 5.94. The first-order valence-corrected chi connectivity index (χ1v) is 7.89. The predicted octanol–water partition coefficient (Wildman–Crippen LogP) is 3.63. The van der Waals surface area contributed by atoms with E-state index in [1.165, 1.54) is 0 Å². The molecular weight excluding hydrogens is 395 g/mol. The highest BCUT2D eigenvalue weighted by Crippen LogP contribution is 2.37. The molecule has 0 aliphatic rings. The Labute approximate surface area is 143 Å². The molecule has 2 rings (SSSR count). The van der Waals surface area contributed by atoms with E-state index in [4.69, 9.17) is 15.2 Å². The van der Waals surface area contributed by atoms with Crippen LogP contribution in [0.4, 0.5) is 11.8 Å². The minimum Gasteiger partial charge on any atom is -0.496 e. The van der Waals surface area contributed by atoms with Gasteiger partial charge >= 0.3 is 0 Å². The van der Waals surface area contributed by atoms with Crippen molar-refractivity contribution in [3.63, 3.8) is 0 Å². The first-order valence-electron chi connectivity index (χ1n) is 6.81. The van der Waals surface area contributed by atoms with Crippen molar-refractivity contribution in [2.45, 2.75) is 19.8 Å². The molecule has 0 spiro atoms. The Hall–Kier alpha value is -1.77. The van der Waals surface area contributed by atoms with Gasteiger partial charge in [-0.2, -0.15) is 4.98 Å². The van der Waals surface area contributed by atoms with Crippen LogP contribution < -0.4 is 20.5 Å². The number of hydrogen-bond acceptors (Lipinski definition) is 6. The molecule has 1 aromatic heterocycles. The second-order valence-electron chi connectivity index (χ2n) is 4.97. The molecule has 0 amide bonds. The quantitative estimate of drug-likeness (QED) is 0.728. The highest BCUT2D eigenvalue weighted by Gasteiger charge is 2.15. The van der Waals surface area contributed by atoms with Crippen molar-refractivity contribution in [2.75, 3.05) is 25.2 Å². The summed E-state index contributed by atoms with van der Waals surface area (Å²) in [6, 6.07) is 3.92. The molecule has 7 heteroatoms. The number of rotatable bonds is 5. The number of benzene rings is 1. The van der Waals surface area contributed by atoms with E-state index in [0.29, 0.717) is 17.5 Å². The largest absolute Gasteiger partial charge is 0.496 e. The van der Waals surface area contributed by atoms with Gasteiger partial charge in [0.05, 0.1) is 16.9 Å². The van der Waals surface area contributed by atoms with Crippen LogP contribution >= 0.6 is 22.6 Å². The normalized spacial score (nSPS) is 10.6. The van der Waals surface area contributed by atoms with Gasteiger partial charge in [0.2, 0.25) is 5.95 Å². The summed E-state index contributed by atoms with van der Waals surface area (Å²) in [6.45, 7) is 4.19. The van der Waals surface area contributed by atoms with Crippen LogP contribution in [0, 0.1) is 3.57 Å². The van der Waals surface area contributed by atoms with Crippen molar-refractivity contribution in [1.82, 2.24) is 9.97 Å². The molecule has 0 fully saturated rings. The van der Waals surface area contributed by atoms with Crippen LogP contribution in [-0.4, -0.2) is 24.1 Å². The van der Waals surface area contributed by atoms with E-state index in [-0.39, 0.29) is 5.92 Å². The van der Waals surface area contributed by atoms with Gasteiger partial charge in [-0.25, -0.2) is 4.98 Å². The van der Waals surface area contributed by atoms with E-state index in [1.807, 2.05) is 12.1 Å². The van der Waals surface area contributed by atoms with Crippen LogP contribution in [0.2, 0.25) is 0 Å². The Morgan fingerprint density at radius 2 is 1.95 bits per heavy atom. The maximum absolute atomic E-state index is 5.94. The molecule has 0 saturated carbocycles. The number of nitrogens with two attached hydrogens (primary N) is 1. The van der Waals surface area contributed by atoms with Crippen LogP contribution in [-0.2, 0) is 0 Å². The average molecular weight is 414 g/mol. The Morgan fingerprint density at radius 3 is 2.50 bits per heavy atom. The third-order valence-corrected chi connectivity index (χ3v) is 3.98. The molecule has 0 aliphatic carbocycles. The Morgan fingerprint density at radius 1 is 1.23 bits per heavy atom. The van der Waals surface area contributed by atoms with Crippen molar-refractivity contribution < 1.29 is 9.47 Å². The Balaban J connectivity index is 2.42. The minimum atomic E-state index is 0.277. The Bertz CT molecular complexity index is 677. The van der Waals surface area contributed by atoms with Gasteiger partial charge in [-0.1, -0.05) is 13.8 Å². The summed E-state index contributed by atoms with van der Waals surface area (Å²) in [4.78, 5) is 8.25. The first kappa shape index (κ1) is 16.6. The number of hydrogen-bond donors (Lipinski definition) is 2. The van der Waals surface area contributed by atoms with Crippen LogP contribution in [0.15, 0.2) is 18.3 Å². The smallest absolute Gasteiger partial charge is 0.224 e. The summed E-state index contributed by atoms with van der Waals surface area (Å²) in [5.74, 6) is 3.01. The van der Waals surface area contributed by atoms with E-state index in [1.54, 1.807) is 20.4 Å². The maximum Gasteiger partial charge on any atom is 0.224 e. The molecule has 0 atom stereocenters. The molecule has 0 radical (unpaired) electrons. The molecular formula is C15H19IN4O2. The second-order valence-corrected chi connectivity index (χ2v) is 6.14. The van der Waals surface area contributed by atoms with E-state index < -0.39 is 0 Å². The minimum absolute atomic E-state index is 0.277. The second kappa shape index (κ2) is 6.99. The highest BCUT2D eigenvalue weighted by atomic mass is 127. The monoisotopic (exact) mass is 414 g/mol. The van der Waals surface area contributed by atoms with Crippen LogP contribution in [0.5, 0.6) is 17.2 Å². The van der Waals surface area contributed by atoms with Gasteiger partial charge in [-0.15, -0.1) is 0 Å². The van der Waals surface area contributed by atoms with Crippen LogP contribution in [0.3, 0.4) is 0 Å². The lowest BCUT2D eigenvalue weighted by Crippen LogP contribution is -2.03. The van der Waals surface area contributed by atoms with Crippen molar-refractivity contribution in [1.29, 1.82) is 0 Å². The average Bonchev–Trinajstić information content (AvgIpc) is 2.49. The third-order valence-electron chi connectivity index (χ3n) is 3.13. The van der Waals surface area contributed by atoms with E-state index in [0.717, 1.165) is 20.6 Å². The first-order chi connectivity index (χ1) is 10.5. The van der Waals surface area contributed by atoms with Crippen LogP contribution in [0.1, 0.15) is 25.3 Å². The lowest BCUT2D eigenvalue weighted by Gasteiger charge is -2.17. The highest BCUT2D eigenvalue weighted by molar-refractivity contribution is 14.1. The molecule has 2 aromatic rings. The molecule has 0 saturated heterocycles. The molecule has 1 heterocycles. The van der Waals surface area contributed by atoms with E-state index in [9.17, 15) is 0 Å². The summed E-state index contributed by atoms with van der Waals surface area (Å²) in [5.41, 5.74) is 6.96. The zero-order valence-corrected chi connectivity index (χ0v) is 15.1. The van der Waals surface area contributed by atoms with Gasteiger partial charge in [-0.05, 0) is 40.6 Å². The van der Waals surface area contributed by atoms with E-state index >= 15 is 0 Å². The zero-order valence-electron chi connectivity index (χ0n) is 13.0. The number of ether oxygens (including phenoxy) is 2. The van der Waals surface area contributed by atoms with Gasteiger partial charge in [0, 0.05) is 12.6 Å². The number of halogens is 1. The fourth-order valence-corrected chi connectivity index (χ4v) is 2.61. The zero-order chi connectivity index (χ0) is 16.3. The molecule has 1 aromatic carbocycles. The number of methoxy groups -OCH3 is 1. The Kier molecular flexibility index (Phi) is 5.28. The number of nitrogen functional groups attached to an aromatic ring is 1.